The predicted octanol–water partition coefficient (Wildman–Crippen LogP) is 1.73. The molecule has 0 amide bonds. The molecule has 0 aliphatic rings. The van der Waals surface area contributed by atoms with Crippen molar-refractivity contribution in [2.24, 2.45) is 5.73 Å². The second-order valence-corrected chi connectivity index (χ2v) is 3.96. The molecule has 0 saturated heterocycles. The number of hydrogen-bond donors (Lipinski definition) is 1. The van der Waals surface area contributed by atoms with Crippen LogP contribution in [0.4, 0.5) is 0 Å². The molecule has 0 saturated carbocycles. The van der Waals surface area contributed by atoms with E-state index in [0.717, 1.165) is 5.56 Å². The first kappa shape index (κ1) is 13.7. The fourth-order valence-electron chi connectivity index (χ4n) is 1.33. The Morgan fingerprint density at radius 3 is 2.76 bits per heavy atom. The van der Waals surface area contributed by atoms with E-state index < -0.39 is 0 Å². The van der Waals surface area contributed by atoms with E-state index >= 15 is 0 Å². The Balaban J connectivity index is 2.41. The number of carbonyl (C=O) groups excluding carboxylic acids is 1. The fraction of sp³-hybridized carbons (Fsp3) is 0.462. The Kier molecular flexibility index (Phi) is 5.66. The number of hydrogen-bond acceptors (Lipinski definition) is 4. The number of rotatable bonds is 6. The van der Waals surface area contributed by atoms with Crippen molar-refractivity contribution in [2.45, 2.75) is 26.5 Å². The Hall–Kier alpha value is -1.39. The smallest absolute Gasteiger partial charge is 0.338 e. The first-order valence-corrected chi connectivity index (χ1v) is 5.71. The van der Waals surface area contributed by atoms with Crippen LogP contribution in [0.2, 0.25) is 0 Å². The number of benzene rings is 1. The minimum atomic E-state index is -0.340. The van der Waals surface area contributed by atoms with Crippen molar-refractivity contribution in [2.75, 3.05) is 13.2 Å². The van der Waals surface area contributed by atoms with Crippen molar-refractivity contribution in [1.29, 1.82) is 0 Å². The number of nitrogens with two attached hydrogens (primary N) is 1. The fourth-order valence-corrected chi connectivity index (χ4v) is 1.33. The Morgan fingerprint density at radius 1 is 1.35 bits per heavy atom. The van der Waals surface area contributed by atoms with Gasteiger partial charge in [0.1, 0.15) is 6.61 Å². The topological polar surface area (TPSA) is 61.5 Å². The van der Waals surface area contributed by atoms with Crippen LogP contribution in [0.5, 0.6) is 0 Å². The Labute approximate surface area is 102 Å². The van der Waals surface area contributed by atoms with Crippen LogP contribution in [0, 0.1) is 0 Å². The van der Waals surface area contributed by atoms with E-state index in [0.29, 0.717) is 18.7 Å². The second kappa shape index (κ2) is 7.04. The van der Waals surface area contributed by atoms with Gasteiger partial charge in [0.05, 0.1) is 18.3 Å². The zero-order valence-corrected chi connectivity index (χ0v) is 10.3. The van der Waals surface area contributed by atoms with Gasteiger partial charge in [0, 0.05) is 6.54 Å². The van der Waals surface area contributed by atoms with E-state index in [1.807, 2.05) is 19.9 Å². The van der Waals surface area contributed by atoms with Gasteiger partial charge in [-0.2, -0.15) is 0 Å². The molecule has 0 atom stereocenters. The maximum atomic E-state index is 11.6. The molecule has 1 aromatic carbocycles. The highest BCUT2D eigenvalue weighted by molar-refractivity contribution is 5.89. The van der Waals surface area contributed by atoms with E-state index in [2.05, 4.69) is 0 Å². The highest BCUT2D eigenvalue weighted by Gasteiger charge is 2.07. The summed E-state index contributed by atoms with van der Waals surface area (Å²) in [6.07, 6.45) is 0.147. The standard InChI is InChI=1S/C13H19NO3/c1-10(2)16-6-7-17-13(15)12-5-3-4-11(8-12)9-14/h3-5,8,10H,6-7,9,14H2,1-2H3. The highest BCUT2D eigenvalue weighted by atomic mass is 16.6. The van der Waals surface area contributed by atoms with Crippen LogP contribution in [0.1, 0.15) is 29.8 Å². The van der Waals surface area contributed by atoms with E-state index in [4.69, 9.17) is 15.2 Å². The van der Waals surface area contributed by atoms with Gasteiger partial charge in [-0.05, 0) is 31.5 Å². The summed E-state index contributed by atoms with van der Waals surface area (Å²) in [7, 11) is 0. The van der Waals surface area contributed by atoms with Gasteiger partial charge in [-0.25, -0.2) is 4.79 Å². The van der Waals surface area contributed by atoms with Crippen molar-refractivity contribution in [3.63, 3.8) is 0 Å². The third-order valence-electron chi connectivity index (χ3n) is 2.17. The van der Waals surface area contributed by atoms with Crippen LogP contribution in [-0.2, 0) is 16.0 Å². The van der Waals surface area contributed by atoms with Gasteiger partial charge in [0.2, 0.25) is 0 Å². The van der Waals surface area contributed by atoms with Crippen molar-refractivity contribution in [3.05, 3.63) is 35.4 Å². The molecule has 0 radical (unpaired) electrons. The van der Waals surface area contributed by atoms with Crippen molar-refractivity contribution >= 4 is 5.97 Å². The SMILES string of the molecule is CC(C)OCCOC(=O)c1cccc(CN)c1. The molecular weight excluding hydrogens is 218 g/mol. The zero-order chi connectivity index (χ0) is 12.7. The minimum absolute atomic E-state index is 0.147. The lowest BCUT2D eigenvalue weighted by molar-refractivity contribution is 0.0177. The number of carbonyl (C=O) groups is 1. The molecule has 4 nitrogen and oxygen atoms in total. The molecule has 0 unspecified atom stereocenters. The Morgan fingerprint density at radius 2 is 2.12 bits per heavy atom. The molecule has 0 aliphatic carbocycles. The van der Waals surface area contributed by atoms with Crippen LogP contribution in [0.15, 0.2) is 24.3 Å². The van der Waals surface area contributed by atoms with Crippen molar-refractivity contribution in [1.82, 2.24) is 0 Å². The molecule has 4 heteroatoms. The maximum Gasteiger partial charge on any atom is 0.338 e. The molecule has 94 valence electrons. The quantitative estimate of drug-likeness (QED) is 0.604. The highest BCUT2D eigenvalue weighted by Crippen LogP contribution is 2.06. The maximum absolute atomic E-state index is 11.6. The summed E-state index contributed by atoms with van der Waals surface area (Å²) < 4.78 is 10.3. The predicted molar refractivity (Wildman–Crippen MR) is 65.7 cm³/mol. The third-order valence-corrected chi connectivity index (χ3v) is 2.17. The van der Waals surface area contributed by atoms with Crippen LogP contribution >= 0.6 is 0 Å². The molecule has 0 heterocycles. The third kappa shape index (κ3) is 4.97. The molecule has 17 heavy (non-hydrogen) atoms. The first-order valence-electron chi connectivity index (χ1n) is 5.71. The van der Waals surface area contributed by atoms with E-state index in [1.165, 1.54) is 0 Å². The minimum Gasteiger partial charge on any atom is -0.460 e. The van der Waals surface area contributed by atoms with Gasteiger partial charge in [-0.3, -0.25) is 0 Å². The monoisotopic (exact) mass is 237 g/mol. The molecular formula is C13H19NO3. The molecule has 0 aromatic heterocycles. The van der Waals surface area contributed by atoms with Gasteiger partial charge in [-0.1, -0.05) is 12.1 Å². The summed E-state index contributed by atoms with van der Waals surface area (Å²) in [6.45, 7) is 4.97. The van der Waals surface area contributed by atoms with Gasteiger partial charge in [0.15, 0.2) is 0 Å². The second-order valence-electron chi connectivity index (χ2n) is 3.96. The lowest BCUT2D eigenvalue weighted by atomic mass is 10.1. The summed E-state index contributed by atoms with van der Waals surface area (Å²) >= 11 is 0. The van der Waals surface area contributed by atoms with Crippen LogP contribution in [0.25, 0.3) is 0 Å². The van der Waals surface area contributed by atoms with Gasteiger partial charge in [0.25, 0.3) is 0 Å². The summed E-state index contributed by atoms with van der Waals surface area (Å²) in [6, 6.07) is 7.12. The van der Waals surface area contributed by atoms with Crippen LogP contribution in [0.3, 0.4) is 0 Å². The lowest BCUT2D eigenvalue weighted by Crippen LogP contribution is -2.13. The number of ether oxygens (including phenoxy) is 2. The van der Waals surface area contributed by atoms with E-state index in [-0.39, 0.29) is 18.7 Å². The van der Waals surface area contributed by atoms with E-state index in [1.54, 1.807) is 18.2 Å². The molecule has 0 fully saturated rings. The molecule has 0 spiro atoms. The van der Waals surface area contributed by atoms with Gasteiger partial charge >= 0.3 is 5.97 Å². The summed E-state index contributed by atoms with van der Waals surface area (Å²) in [5.41, 5.74) is 6.94. The lowest BCUT2D eigenvalue weighted by Gasteiger charge is -2.08. The average molecular weight is 237 g/mol. The van der Waals surface area contributed by atoms with Crippen LogP contribution in [-0.4, -0.2) is 25.3 Å². The van der Waals surface area contributed by atoms with Crippen LogP contribution < -0.4 is 5.73 Å². The molecule has 1 aromatic rings. The average Bonchev–Trinajstić information content (AvgIpc) is 2.34. The molecule has 1 rings (SSSR count). The Bertz CT molecular complexity index is 363. The summed E-state index contributed by atoms with van der Waals surface area (Å²) in [4.78, 5) is 11.6. The van der Waals surface area contributed by atoms with Crippen molar-refractivity contribution < 1.29 is 14.3 Å². The van der Waals surface area contributed by atoms with E-state index in [9.17, 15) is 4.79 Å². The first-order chi connectivity index (χ1) is 8.13. The number of esters is 1. The molecule has 0 bridgehead atoms. The summed E-state index contributed by atoms with van der Waals surface area (Å²) in [5.74, 6) is -0.340. The largest absolute Gasteiger partial charge is 0.460 e. The van der Waals surface area contributed by atoms with Crippen molar-refractivity contribution in [3.8, 4) is 0 Å². The molecule has 2 N–H and O–H groups in total. The molecule has 0 aliphatic heterocycles. The van der Waals surface area contributed by atoms with Gasteiger partial charge in [-0.15, -0.1) is 0 Å². The normalized spacial score (nSPS) is 10.6. The zero-order valence-electron chi connectivity index (χ0n) is 10.3. The van der Waals surface area contributed by atoms with Gasteiger partial charge < -0.3 is 15.2 Å². The summed E-state index contributed by atoms with van der Waals surface area (Å²) in [5, 5.41) is 0.